The second-order valence-electron chi connectivity index (χ2n) is 7.80. The predicted octanol–water partition coefficient (Wildman–Crippen LogP) is 2.83. The van der Waals surface area contributed by atoms with Crippen LogP contribution in [0, 0.1) is 22.7 Å². The monoisotopic (exact) mass is 326 g/mol. The van der Waals surface area contributed by atoms with Crippen molar-refractivity contribution in [3.63, 3.8) is 0 Å². The van der Waals surface area contributed by atoms with Gasteiger partial charge in [-0.2, -0.15) is 18.3 Å². The van der Waals surface area contributed by atoms with E-state index in [0.717, 1.165) is 24.6 Å². The number of aliphatic imine (C=N–C) groups is 1. The van der Waals surface area contributed by atoms with Crippen molar-refractivity contribution in [2.45, 2.75) is 45.8 Å². The van der Waals surface area contributed by atoms with E-state index in [1.807, 2.05) is 0 Å². The van der Waals surface area contributed by atoms with Gasteiger partial charge in [-0.25, -0.2) is 0 Å². The van der Waals surface area contributed by atoms with Crippen molar-refractivity contribution >= 4 is 11.4 Å². The average Bonchev–Trinajstić information content (AvgIpc) is 3.05. The fraction of sp³-hybridized carbons (Fsp3) is 0.750. The summed E-state index contributed by atoms with van der Waals surface area (Å²) in [6, 6.07) is -0.240. The number of rotatable bonds is 1. The zero-order valence-corrected chi connectivity index (χ0v) is 13.5. The molecule has 2 bridgehead atoms. The van der Waals surface area contributed by atoms with Crippen LogP contribution in [0.15, 0.2) is 21.9 Å². The van der Waals surface area contributed by atoms with E-state index in [0.29, 0.717) is 11.6 Å². The first-order chi connectivity index (χ1) is 10.7. The Hall–Kier alpha value is -1.53. The topological polar surface area (TPSA) is 48.8 Å². The van der Waals surface area contributed by atoms with Gasteiger partial charge in [-0.15, -0.1) is 0 Å². The molecule has 0 spiro atoms. The highest BCUT2D eigenvalue weighted by molar-refractivity contribution is 6.08. The van der Waals surface area contributed by atoms with Crippen LogP contribution in [-0.4, -0.2) is 30.3 Å². The van der Waals surface area contributed by atoms with Gasteiger partial charge in [0.05, 0.1) is 17.5 Å². The van der Waals surface area contributed by atoms with E-state index in [1.54, 1.807) is 0 Å². The summed E-state index contributed by atoms with van der Waals surface area (Å²) in [7, 11) is 0. The van der Waals surface area contributed by atoms with Crippen molar-refractivity contribution in [2.75, 3.05) is 6.67 Å². The summed E-state index contributed by atoms with van der Waals surface area (Å²) in [4.78, 5) is 4.28. The third-order valence-electron chi connectivity index (χ3n) is 6.75. The molecule has 2 aliphatic heterocycles. The zero-order valence-electron chi connectivity index (χ0n) is 13.5. The molecule has 23 heavy (non-hydrogen) atoms. The van der Waals surface area contributed by atoms with E-state index >= 15 is 0 Å². The van der Waals surface area contributed by atoms with Gasteiger partial charge in [0.25, 0.3) is 0 Å². The summed E-state index contributed by atoms with van der Waals surface area (Å²) in [5.74, 6) is 0.595. The molecule has 0 saturated heterocycles. The van der Waals surface area contributed by atoms with E-state index in [9.17, 15) is 13.2 Å². The van der Waals surface area contributed by atoms with Gasteiger partial charge in [-0.05, 0) is 30.3 Å². The number of fused-ring (bicyclic) bond motifs is 5. The summed E-state index contributed by atoms with van der Waals surface area (Å²) in [6.07, 6.45) is -1.02. The molecular weight excluding hydrogens is 305 g/mol. The van der Waals surface area contributed by atoms with Crippen molar-refractivity contribution in [1.82, 2.24) is 10.7 Å². The lowest BCUT2D eigenvalue weighted by Gasteiger charge is -2.34. The van der Waals surface area contributed by atoms with Crippen molar-refractivity contribution in [2.24, 2.45) is 32.8 Å². The first kappa shape index (κ1) is 15.0. The minimum Gasteiger partial charge on any atom is -0.362 e. The lowest BCUT2D eigenvalue weighted by atomic mass is 9.70. The summed E-state index contributed by atoms with van der Waals surface area (Å²) in [5.41, 5.74) is 4.12. The van der Waals surface area contributed by atoms with E-state index in [1.165, 1.54) is 0 Å². The Balaban J connectivity index is 1.67. The Morgan fingerprint density at radius 2 is 2.00 bits per heavy atom. The predicted molar refractivity (Wildman–Crippen MR) is 82.0 cm³/mol. The normalized spacial score (nSPS) is 40.8. The van der Waals surface area contributed by atoms with Gasteiger partial charge < -0.3 is 10.7 Å². The molecule has 2 saturated carbocycles. The number of nitrogens with one attached hydrogen (secondary N) is 2. The Morgan fingerprint density at radius 3 is 2.70 bits per heavy atom. The molecule has 3 unspecified atom stereocenters. The van der Waals surface area contributed by atoms with Crippen LogP contribution >= 0.6 is 0 Å². The smallest absolute Gasteiger partial charge is 0.362 e. The second kappa shape index (κ2) is 4.30. The van der Waals surface area contributed by atoms with Crippen LogP contribution in [-0.2, 0) is 0 Å². The number of allylic oxidation sites excluding steroid dienone is 1. The molecule has 2 aliphatic carbocycles. The first-order valence-corrected chi connectivity index (χ1v) is 8.07. The van der Waals surface area contributed by atoms with Crippen molar-refractivity contribution < 1.29 is 13.2 Å². The standard InChI is InChI=1S/C16H21F3N4/c1-14(2)8-4-5-15(14,3)13-11(8)12(22-23-13)9-6-10(16(17,18)19)21-7-20-9/h6,8,11-12,21-22H,4-5,7H2,1-3H3/t8?,11?,12-,15?/m1/s1. The third kappa shape index (κ3) is 1.79. The molecule has 0 aromatic rings. The molecule has 2 fully saturated rings. The van der Waals surface area contributed by atoms with E-state index in [2.05, 4.69) is 41.6 Å². The molecule has 2 heterocycles. The SMILES string of the molecule is CC12CCC(C3C1=NN[C@@H]3C1=NCNC(C(F)(F)F)=C1)C2(C)C. The fourth-order valence-electron chi connectivity index (χ4n) is 5.07. The molecule has 0 radical (unpaired) electrons. The largest absolute Gasteiger partial charge is 0.431 e. The maximum absolute atomic E-state index is 13.0. The molecule has 0 aromatic carbocycles. The van der Waals surface area contributed by atoms with Crippen LogP contribution in [0.5, 0.6) is 0 Å². The molecule has 0 aromatic heterocycles. The van der Waals surface area contributed by atoms with Gasteiger partial charge in [-0.1, -0.05) is 20.8 Å². The molecule has 4 nitrogen and oxygen atoms in total. The van der Waals surface area contributed by atoms with Crippen LogP contribution in [0.25, 0.3) is 0 Å². The van der Waals surface area contributed by atoms with Crippen molar-refractivity contribution in [3.8, 4) is 0 Å². The number of nitrogens with zero attached hydrogens (tertiary/aromatic N) is 2. The highest BCUT2D eigenvalue weighted by Gasteiger charge is 2.67. The lowest BCUT2D eigenvalue weighted by molar-refractivity contribution is -0.0967. The van der Waals surface area contributed by atoms with Crippen LogP contribution in [0.4, 0.5) is 13.2 Å². The number of hydrogen-bond donors (Lipinski definition) is 2. The molecule has 0 amide bonds. The number of hydrogen-bond acceptors (Lipinski definition) is 4. The molecular formula is C16H21F3N4. The second-order valence-corrected chi connectivity index (χ2v) is 7.80. The van der Waals surface area contributed by atoms with E-state index < -0.39 is 11.9 Å². The van der Waals surface area contributed by atoms with Gasteiger partial charge in [-0.3, -0.25) is 4.99 Å². The first-order valence-electron chi connectivity index (χ1n) is 8.07. The van der Waals surface area contributed by atoms with Gasteiger partial charge in [0.15, 0.2) is 0 Å². The van der Waals surface area contributed by atoms with Crippen LogP contribution in [0.1, 0.15) is 33.6 Å². The molecule has 7 heteroatoms. The van der Waals surface area contributed by atoms with Crippen LogP contribution < -0.4 is 10.7 Å². The number of halogens is 3. The number of alkyl halides is 3. The minimum absolute atomic E-state index is 0.0355. The molecule has 2 N–H and O–H groups in total. The van der Waals surface area contributed by atoms with Crippen molar-refractivity contribution in [3.05, 3.63) is 11.8 Å². The molecule has 4 rings (SSSR count). The Morgan fingerprint density at radius 1 is 1.26 bits per heavy atom. The van der Waals surface area contributed by atoms with Crippen LogP contribution in [0.3, 0.4) is 0 Å². The van der Waals surface area contributed by atoms with E-state index in [-0.39, 0.29) is 29.5 Å². The summed E-state index contributed by atoms with van der Waals surface area (Å²) in [6.45, 7) is 6.75. The van der Waals surface area contributed by atoms with E-state index in [4.69, 9.17) is 0 Å². The maximum Gasteiger partial charge on any atom is 0.431 e. The highest BCUT2D eigenvalue weighted by atomic mass is 19.4. The number of hydrazone groups is 1. The quantitative estimate of drug-likeness (QED) is 0.778. The Kier molecular flexibility index (Phi) is 2.81. The third-order valence-corrected chi connectivity index (χ3v) is 6.75. The molecule has 4 atom stereocenters. The average molecular weight is 326 g/mol. The lowest BCUT2D eigenvalue weighted by Crippen LogP contribution is -2.43. The molecule has 126 valence electrons. The van der Waals surface area contributed by atoms with Gasteiger partial charge >= 0.3 is 6.18 Å². The summed E-state index contributed by atoms with van der Waals surface area (Å²) >= 11 is 0. The highest BCUT2D eigenvalue weighted by Crippen LogP contribution is 2.67. The zero-order chi connectivity index (χ0) is 16.6. The van der Waals surface area contributed by atoms with Crippen molar-refractivity contribution in [1.29, 1.82) is 0 Å². The summed E-state index contributed by atoms with van der Waals surface area (Å²) < 4.78 is 38.9. The van der Waals surface area contributed by atoms with Gasteiger partial charge in [0.1, 0.15) is 12.4 Å². The van der Waals surface area contributed by atoms with Crippen LogP contribution in [0.2, 0.25) is 0 Å². The Bertz CT molecular complexity index is 646. The van der Waals surface area contributed by atoms with Gasteiger partial charge in [0.2, 0.25) is 0 Å². The maximum atomic E-state index is 13.0. The fourth-order valence-corrected chi connectivity index (χ4v) is 5.07. The minimum atomic E-state index is -4.37. The Labute approximate surface area is 133 Å². The molecule has 4 aliphatic rings. The summed E-state index contributed by atoms with van der Waals surface area (Å²) in [5, 5.41) is 6.86. The van der Waals surface area contributed by atoms with Gasteiger partial charge in [0, 0.05) is 11.3 Å².